The lowest BCUT2D eigenvalue weighted by molar-refractivity contribution is -0.121. The molecular weight excluding hydrogens is 491 g/mol. The average molecular weight is 520 g/mol. The minimum Gasteiger partial charge on any atom is -0.504 e. The van der Waals surface area contributed by atoms with Gasteiger partial charge in [-0.15, -0.1) is 0 Å². The number of rotatable bonds is 8. The Balaban J connectivity index is 1.47. The van der Waals surface area contributed by atoms with E-state index >= 15 is 0 Å². The molecule has 11 heteroatoms. The Morgan fingerprint density at radius 1 is 1.36 bits per heavy atom. The lowest BCUT2D eigenvalue weighted by Gasteiger charge is -2.29. The average Bonchev–Trinajstić information content (AvgIpc) is 3.50. The Morgan fingerprint density at radius 3 is 2.89 bits per heavy atom. The molecule has 0 saturated carbocycles. The summed E-state index contributed by atoms with van der Waals surface area (Å²) in [7, 11) is 0. The number of nitrogens with zero attached hydrogens (tertiary/aromatic N) is 2. The summed E-state index contributed by atoms with van der Waals surface area (Å²) in [5, 5.41) is 22.0. The van der Waals surface area contributed by atoms with Crippen molar-refractivity contribution >= 4 is 39.0 Å². The quantitative estimate of drug-likeness (QED) is 0.284. The van der Waals surface area contributed by atoms with E-state index in [4.69, 9.17) is 5.41 Å². The zero-order chi connectivity index (χ0) is 25.9. The van der Waals surface area contributed by atoms with Crippen molar-refractivity contribution in [2.75, 3.05) is 18.0 Å². The monoisotopic (exact) mass is 519 g/mol. The summed E-state index contributed by atoms with van der Waals surface area (Å²) in [6.07, 6.45) is 1.94. The van der Waals surface area contributed by atoms with Crippen LogP contribution in [0.4, 0.5) is 18.3 Å². The molecule has 1 saturated heterocycles. The maximum Gasteiger partial charge on any atom is 0.449 e. The number of aliphatic hydroxyl groups excluding tert-OH is 1. The molecular formula is C25H28F3N5O2S. The van der Waals surface area contributed by atoms with E-state index in [1.807, 2.05) is 30.5 Å². The summed E-state index contributed by atoms with van der Waals surface area (Å²) in [4.78, 5) is 22.5. The molecule has 4 N–H and O–H groups in total. The number of H-pyrrole nitrogens is 1. The fraction of sp³-hybridized carbons (Fsp3) is 0.400. The minimum atomic E-state index is -4.92. The summed E-state index contributed by atoms with van der Waals surface area (Å²) in [5.41, 5.74) is 1.45. The van der Waals surface area contributed by atoms with Crippen LogP contribution in [0.15, 0.2) is 48.0 Å². The number of amides is 1. The molecule has 1 atom stereocenters. The molecule has 1 aliphatic heterocycles. The van der Waals surface area contributed by atoms with Crippen molar-refractivity contribution < 1.29 is 23.1 Å². The smallest absolute Gasteiger partial charge is 0.449 e. The van der Waals surface area contributed by atoms with E-state index in [9.17, 15) is 23.1 Å². The number of allylic oxidation sites excluding steroid dienone is 1. The number of carbonyl (C=O) groups excluding carboxylic acids is 1. The number of aromatic nitrogens is 2. The van der Waals surface area contributed by atoms with Gasteiger partial charge in [-0.2, -0.15) is 13.2 Å². The number of thiazole rings is 1. The van der Waals surface area contributed by atoms with Crippen molar-refractivity contribution in [3.63, 3.8) is 0 Å². The zero-order valence-corrected chi connectivity index (χ0v) is 20.6. The van der Waals surface area contributed by atoms with Crippen molar-refractivity contribution in [3.8, 4) is 0 Å². The molecule has 7 nitrogen and oxygen atoms in total. The standard InChI is InChI=1S/C25H28F3N5O2S/c1-2-3-6-16(11-15-12-30-20-8-5-4-7-17(15)20)32-23(35)21-13-31-24(36-21)33-10-9-19(29)18(14-33)22(34)25(26,27)28/h4-5,7-8,12-13,16,29-30,34H,2-3,6,9-11,14H2,1H3,(H,32,35)/b22-18-,29-19?. The molecule has 0 aliphatic carbocycles. The van der Waals surface area contributed by atoms with E-state index < -0.39 is 17.5 Å². The highest BCUT2D eigenvalue weighted by molar-refractivity contribution is 7.17. The lowest BCUT2D eigenvalue weighted by Crippen LogP contribution is -2.37. The third-order valence-electron chi connectivity index (χ3n) is 6.27. The van der Waals surface area contributed by atoms with Crippen molar-refractivity contribution in [3.05, 3.63) is 58.4 Å². The summed E-state index contributed by atoms with van der Waals surface area (Å²) < 4.78 is 39.0. The van der Waals surface area contributed by atoms with Gasteiger partial charge in [0, 0.05) is 47.4 Å². The predicted octanol–water partition coefficient (Wildman–Crippen LogP) is 5.76. The zero-order valence-electron chi connectivity index (χ0n) is 19.8. The van der Waals surface area contributed by atoms with Crippen LogP contribution in [-0.4, -0.2) is 52.0 Å². The molecule has 0 radical (unpaired) electrons. The molecule has 1 fully saturated rings. The number of nitrogens with one attached hydrogen (secondary N) is 3. The van der Waals surface area contributed by atoms with Gasteiger partial charge < -0.3 is 25.7 Å². The summed E-state index contributed by atoms with van der Waals surface area (Å²) in [5.74, 6) is -2.03. The Kier molecular flexibility index (Phi) is 7.67. The van der Waals surface area contributed by atoms with Gasteiger partial charge in [-0.05, 0) is 24.5 Å². The first kappa shape index (κ1) is 25.7. The number of anilines is 1. The van der Waals surface area contributed by atoms with Gasteiger partial charge in [0.25, 0.3) is 5.91 Å². The van der Waals surface area contributed by atoms with E-state index in [0.29, 0.717) is 16.4 Å². The minimum absolute atomic E-state index is 0.0420. The number of halogens is 3. The Morgan fingerprint density at radius 2 is 2.14 bits per heavy atom. The number of carbonyl (C=O) groups is 1. The van der Waals surface area contributed by atoms with E-state index in [2.05, 4.69) is 22.2 Å². The van der Waals surface area contributed by atoms with Crippen LogP contribution in [0, 0.1) is 5.41 Å². The van der Waals surface area contributed by atoms with Crippen LogP contribution in [-0.2, 0) is 6.42 Å². The first-order valence-electron chi connectivity index (χ1n) is 11.8. The first-order valence-corrected chi connectivity index (χ1v) is 12.6. The maximum atomic E-state index is 13.1. The second-order valence-electron chi connectivity index (χ2n) is 8.86. The van der Waals surface area contributed by atoms with E-state index in [1.165, 1.54) is 6.20 Å². The largest absolute Gasteiger partial charge is 0.504 e. The highest BCUT2D eigenvalue weighted by Gasteiger charge is 2.39. The maximum absolute atomic E-state index is 13.1. The molecule has 36 heavy (non-hydrogen) atoms. The predicted molar refractivity (Wildman–Crippen MR) is 135 cm³/mol. The molecule has 1 unspecified atom stereocenters. The van der Waals surface area contributed by atoms with Crippen LogP contribution in [0.25, 0.3) is 10.9 Å². The Hall–Kier alpha value is -3.34. The van der Waals surface area contributed by atoms with Gasteiger partial charge in [-0.1, -0.05) is 49.3 Å². The van der Waals surface area contributed by atoms with E-state index in [-0.39, 0.29) is 37.2 Å². The van der Waals surface area contributed by atoms with Crippen molar-refractivity contribution in [1.29, 1.82) is 5.41 Å². The van der Waals surface area contributed by atoms with Crippen LogP contribution in [0.1, 0.15) is 47.8 Å². The Bertz CT molecular complexity index is 1280. The number of aliphatic hydroxyl groups is 1. The van der Waals surface area contributed by atoms with Crippen molar-refractivity contribution in [2.45, 2.75) is 51.2 Å². The van der Waals surface area contributed by atoms with Crippen LogP contribution in [0.2, 0.25) is 0 Å². The number of unbranched alkanes of at least 4 members (excludes halogenated alkanes) is 1. The molecule has 3 aromatic rings. The summed E-state index contributed by atoms with van der Waals surface area (Å²) in [6, 6.07) is 7.92. The molecule has 192 valence electrons. The molecule has 2 aromatic heterocycles. The highest BCUT2D eigenvalue weighted by Crippen LogP contribution is 2.32. The van der Waals surface area contributed by atoms with Gasteiger partial charge >= 0.3 is 6.18 Å². The van der Waals surface area contributed by atoms with Crippen LogP contribution in [0.5, 0.6) is 0 Å². The van der Waals surface area contributed by atoms with Crippen LogP contribution in [0.3, 0.4) is 0 Å². The Labute approximate surface area is 210 Å². The molecule has 1 aromatic carbocycles. The number of fused-ring (bicyclic) bond motifs is 1. The number of aromatic amines is 1. The molecule has 0 spiro atoms. The number of piperidine rings is 1. The normalized spacial score (nSPS) is 16.9. The topological polar surface area (TPSA) is 105 Å². The number of hydrogen-bond donors (Lipinski definition) is 4. The fourth-order valence-electron chi connectivity index (χ4n) is 4.33. The van der Waals surface area contributed by atoms with Gasteiger partial charge in [0.15, 0.2) is 5.13 Å². The first-order chi connectivity index (χ1) is 17.2. The second kappa shape index (κ2) is 10.7. The van der Waals surface area contributed by atoms with Gasteiger partial charge in [0.05, 0.1) is 12.7 Å². The van der Waals surface area contributed by atoms with Crippen molar-refractivity contribution in [1.82, 2.24) is 15.3 Å². The SMILES string of the molecule is CCCCC(Cc1c[nH]c2ccccc12)NC(=O)c1cnc(N2CCC(=N)/C(=C(\O)C(F)(F)F)C2)s1. The molecule has 3 heterocycles. The third kappa shape index (κ3) is 5.72. The van der Waals surface area contributed by atoms with Crippen molar-refractivity contribution in [2.24, 2.45) is 0 Å². The molecule has 1 aliphatic rings. The van der Waals surface area contributed by atoms with Gasteiger partial charge in [-0.25, -0.2) is 4.98 Å². The number of hydrogen-bond acceptors (Lipinski definition) is 6. The fourth-order valence-corrected chi connectivity index (χ4v) is 5.17. The van der Waals surface area contributed by atoms with Crippen LogP contribution >= 0.6 is 11.3 Å². The van der Waals surface area contributed by atoms with Crippen LogP contribution < -0.4 is 10.2 Å². The van der Waals surface area contributed by atoms with E-state index in [0.717, 1.165) is 47.1 Å². The van der Waals surface area contributed by atoms with Gasteiger partial charge in [0.2, 0.25) is 5.76 Å². The molecule has 4 rings (SSSR count). The number of benzene rings is 1. The second-order valence-corrected chi connectivity index (χ2v) is 9.87. The summed E-state index contributed by atoms with van der Waals surface area (Å²) in [6.45, 7) is 2.08. The molecule has 0 bridgehead atoms. The highest BCUT2D eigenvalue weighted by atomic mass is 32.1. The number of alkyl halides is 3. The lowest BCUT2D eigenvalue weighted by atomic mass is 10.0. The number of para-hydroxylation sites is 1. The van der Waals surface area contributed by atoms with Gasteiger partial charge in [0.1, 0.15) is 4.88 Å². The third-order valence-corrected chi connectivity index (χ3v) is 7.33. The molecule has 1 amide bonds. The van der Waals surface area contributed by atoms with E-state index in [1.54, 1.807) is 4.90 Å². The summed E-state index contributed by atoms with van der Waals surface area (Å²) >= 11 is 1.09. The van der Waals surface area contributed by atoms with Gasteiger partial charge in [-0.3, -0.25) is 4.79 Å².